The van der Waals surface area contributed by atoms with Crippen LogP contribution in [0.1, 0.15) is 17.0 Å². The largest absolute Gasteiger partial charge is 0.280 e. The zero-order chi connectivity index (χ0) is 15.9. The Morgan fingerprint density at radius 1 is 1.14 bits per heavy atom. The van der Waals surface area contributed by atoms with Crippen LogP contribution in [0.25, 0.3) is 6.08 Å². The van der Waals surface area contributed by atoms with Crippen LogP contribution in [0, 0.1) is 25.2 Å². The summed E-state index contributed by atoms with van der Waals surface area (Å²) in [5, 5.41) is 9.14. The highest BCUT2D eigenvalue weighted by Crippen LogP contribution is 2.06. The van der Waals surface area contributed by atoms with Crippen LogP contribution in [-0.2, 0) is 4.79 Å². The lowest BCUT2D eigenvalue weighted by molar-refractivity contribution is -0.113. The molecule has 1 aromatic carbocycles. The number of nitrogens with one attached hydrogen (secondary N) is 1. The van der Waals surface area contributed by atoms with Gasteiger partial charge in [-0.3, -0.25) is 14.9 Å². The highest BCUT2D eigenvalue weighted by molar-refractivity contribution is 6.03. The zero-order valence-electron chi connectivity index (χ0n) is 12.6. The Hall–Kier alpha value is -3.06. The van der Waals surface area contributed by atoms with Gasteiger partial charge < -0.3 is 0 Å². The van der Waals surface area contributed by atoms with Crippen LogP contribution in [-0.4, -0.2) is 10.6 Å². The third-order valence-corrected chi connectivity index (χ3v) is 3.20. The molecule has 1 amide bonds. The second kappa shape index (κ2) is 7.09. The minimum absolute atomic E-state index is 0.0553. The van der Waals surface area contributed by atoms with Gasteiger partial charge in [-0.2, -0.15) is 5.26 Å². The van der Waals surface area contributed by atoms with Crippen molar-refractivity contribution in [2.24, 2.45) is 0 Å². The third-order valence-electron chi connectivity index (χ3n) is 3.20. The molecule has 0 saturated carbocycles. The molecule has 4 heteroatoms. The summed E-state index contributed by atoms with van der Waals surface area (Å²) in [6.45, 7) is 3.77. The second-order valence-corrected chi connectivity index (χ2v) is 4.85. The maximum atomic E-state index is 12.1. The molecular formula is C18H17N3O. The van der Waals surface area contributed by atoms with Crippen molar-refractivity contribution < 1.29 is 4.79 Å². The van der Waals surface area contributed by atoms with E-state index in [0.717, 1.165) is 17.0 Å². The van der Waals surface area contributed by atoms with Gasteiger partial charge in [0.25, 0.3) is 5.91 Å². The molecule has 1 heterocycles. The first-order chi connectivity index (χ1) is 10.6. The third kappa shape index (κ3) is 3.74. The molecule has 0 aliphatic carbocycles. The lowest BCUT2D eigenvalue weighted by atomic mass is 10.2. The van der Waals surface area contributed by atoms with Crippen molar-refractivity contribution in [3.8, 4) is 6.07 Å². The molecule has 0 aliphatic heterocycles. The number of rotatable bonds is 4. The molecule has 2 rings (SSSR count). The summed E-state index contributed by atoms with van der Waals surface area (Å²) in [6.07, 6.45) is 5.05. The van der Waals surface area contributed by atoms with Gasteiger partial charge in [-0.1, -0.05) is 42.5 Å². The average Bonchev–Trinajstić information content (AvgIpc) is 2.84. The van der Waals surface area contributed by atoms with Crippen molar-refractivity contribution in [3.63, 3.8) is 0 Å². The van der Waals surface area contributed by atoms with Gasteiger partial charge in [0.2, 0.25) is 0 Å². The molecule has 22 heavy (non-hydrogen) atoms. The quantitative estimate of drug-likeness (QED) is 0.533. The van der Waals surface area contributed by atoms with Gasteiger partial charge >= 0.3 is 0 Å². The van der Waals surface area contributed by atoms with Gasteiger partial charge in [-0.15, -0.1) is 0 Å². The monoisotopic (exact) mass is 291 g/mol. The molecule has 0 bridgehead atoms. The normalized spacial score (nSPS) is 11.4. The molecular weight excluding hydrogens is 274 g/mol. The van der Waals surface area contributed by atoms with E-state index < -0.39 is 5.91 Å². The van der Waals surface area contributed by atoms with Gasteiger partial charge in [0.15, 0.2) is 0 Å². The summed E-state index contributed by atoms with van der Waals surface area (Å²) in [5.41, 5.74) is 5.59. The molecule has 0 fully saturated rings. The minimum atomic E-state index is -0.428. The maximum absolute atomic E-state index is 12.1. The fourth-order valence-electron chi connectivity index (χ4n) is 1.99. The first-order valence-electron chi connectivity index (χ1n) is 6.91. The number of nitriles is 1. The summed E-state index contributed by atoms with van der Waals surface area (Å²) in [5.74, 6) is -0.428. The van der Waals surface area contributed by atoms with Crippen molar-refractivity contribution in [1.29, 1.82) is 5.26 Å². The van der Waals surface area contributed by atoms with Crippen molar-refractivity contribution >= 4 is 12.0 Å². The molecule has 110 valence electrons. The van der Waals surface area contributed by atoms with Gasteiger partial charge in [-0.05, 0) is 37.6 Å². The Bertz CT molecular complexity index is 742. The van der Waals surface area contributed by atoms with Crippen LogP contribution in [0.3, 0.4) is 0 Å². The molecule has 0 atom stereocenters. The fraction of sp³-hybridized carbons (Fsp3) is 0.111. The van der Waals surface area contributed by atoms with E-state index in [-0.39, 0.29) is 5.57 Å². The van der Waals surface area contributed by atoms with E-state index in [2.05, 4.69) is 5.43 Å². The van der Waals surface area contributed by atoms with Crippen LogP contribution >= 0.6 is 0 Å². The summed E-state index contributed by atoms with van der Waals surface area (Å²) in [7, 11) is 0. The van der Waals surface area contributed by atoms with Gasteiger partial charge in [0.05, 0.1) is 0 Å². The highest BCUT2D eigenvalue weighted by Gasteiger charge is 2.10. The number of amides is 1. The van der Waals surface area contributed by atoms with Crippen LogP contribution < -0.4 is 5.43 Å². The van der Waals surface area contributed by atoms with E-state index in [9.17, 15) is 4.79 Å². The van der Waals surface area contributed by atoms with E-state index in [1.54, 1.807) is 10.8 Å². The van der Waals surface area contributed by atoms with Crippen molar-refractivity contribution in [1.82, 2.24) is 4.68 Å². The van der Waals surface area contributed by atoms with Gasteiger partial charge in [0, 0.05) is 11.4 Å². The van der Waals surface area contributed by atoms with E-state index in [0.29, 0.717) is 0 Å². The van der Waals surface area contributed by atoms with Crippen LogP contribution in [0.5, 0.6) is 0 Å². The number of carbonyl (C=O) groups excluding carboxylic acids is 1. The molecule has 4 nitrogen and oxygen atoms in total. The molecule has 0 aliphatic rings. The van der Waals surface area contributed by atoms with E-state index in [4.69, 9.17) is 5.26 Å². The summed E-state index contributed by atoms with van der Waals surface area (Å²) in [4.78, 5) is 12.1. The Kier molecular flexibility index (Phi) is 4.94. The Morgan fingerprint density at radius 2 is 1.77 bits per heavy atom. The topological polar surface area (TPSA) is 57.8 Å². The number of allylic oxidation sites excluding steroid dienone is 2. The number of benzene rings is 1. The zero-order valence-corrected chi connectivity index (χ0v) is 12.6. The Labute approximate surface area is 130 Å². The number of hydrogen-bond donors (Lipinski definition) is 1. The number of hydrogen-bond acceptors (Lipinski definition) is 2. The summed E-state index contributed by atoms with van der Waals surface area (Å²) < 4.78 is 1.66. The molecule has 0 radical (unpaired) electrons. The van der Waals surface area contributed by atoms with Gasteiger partial charge in [-0.25, -0.2) is 0 Å². The van der Waals surface area contributed by atoms with Crippen molar-refractivity contribution in [3.05, 3.63) is 77.1 Å². The number of carbonyl (C=O) groups is 1. The predicted molar refractivity (Wildman–Crippen MR) is 87.4 cm³/mol. The molecule has 0 saturated heterocycles. The lowest BCUT2D eigenvalue weighted by Gasteiger charge is -2.10. The average molecular weight is 291 g/mol. The van der Waals surface area contributed by atoms with Crippen molar-refractivity contribution in [2.45, 2.75) is 13.8 Å². The summed E-state index contributed by atoms with van der Waals surface area (Å²) in [6, 6.07) is 15.4. The number of aryl methyl sites for hydroxylation is 2. The number of nitrogens with zero attached hydrogens (tertiary/aromatic N) is 2. The fourth-order valence-corrected chi connectivity index (χ4v) is 1.99. The van der Waals surface area contributed by atoms with E-state index >= 15 is 0 Å². The van der Waals surface area contributed by atoms with Crippen LogP contribution in [0.15, 0.2) is 60.2 Å². The Morgan fingerprint density at radius 3 is 2.36 bits per heavy atom. The molecule has 1 N–H and O–H groups in total. The maximum Gasteiger partial charge on any atom is 0.280 e. The standard InChI is InChI=1S/C18H17N3O/c1-14-11-12-15(2)21(14)20-18(22)17(13-19)10-6-9-16-7-4-3-5-8-16/h3-12H,1-2H3,(H,20,22)/b9-6+,17-10+. The smallest absolute Gasteiger partial charge is 0.267 e. The molecule has 0 unspecified atom stereocenters. The number of aromatic nitrogens is 1. The lowest BCUT2D eigenvalue weighted by Crippen LogP contribution is -2.25. The highest BCUT2D eigenvalue weighted by atomic mass is 16.2. The van der Waals surface area contributed by atoms with E-state index in [1.165, 1.54) is 6.08 Å². The van der Waals surface area contributed by atoms with Crippen LogP contribution in [0.4, 0.5) is 0 Å². The Balaban J connectivity index is 2.11. The first-order valence-corrected chi connectivity index (χ1v) is 6.91. The van der Waals surface area contributed by atoms with Gasteiger partial charge in [0.1, 0.15) is 11.6 Å². The second-order valence-electron chi connectivity index (χ2n) is 4.85. The molecule has 2 aromatic rings. The predicted octanol–water partition coefficient (Wildman–Crippen LogP) is 3.34. The molecule has 0 spiro atoms. The van der Waals surface area contributed by atoms with Crippen LogP contribution in [0.2, 0.25) is 0 Å². The first kappa shape index (κ1) is 15.3. The van der Waals surface area contributed by atoms with Crippen molar-refractivity contribution in [2.75, 3.05) is 5.43 Å². The van der Waals surface area contributed by atoms with E-state index in [1.807, 2.05) is 68.5 Å². The summed E-state index contributed by atoms with van der Waals surface area (Å²) >= 11 is 0. The minimum Gasteiger partial charge on any atom is -0.267 e. The SMILES string of the molecule is Cc1ccc(C)n1NC(=O)/C(C#N)=C/C=C/c1ccccc1. The molecule has 1 aromatic heterocycles.